The first-order valence-electron chi connectivity index (χ1n) is 9.00. The second kappa shape index (κ2) is 8.87. The van der Waals surface area contributed by atoms with E-state index in [4.69, 9.17) is 0 Å². The van der Waals surface area contributed by atoms with Crippen molar-refractivity contribution in [3.63, 3.8) is 0 Å². The smallest absolute Gasteiger partial charge is 0.252 e. The van der Waals surface area contributed by atoms with Crippen LogP contribution in [-0.2, 0) is 9.59 Å². The van der Waals surface area contributed by atoms with Gasteiger partial charge in [-0.3, -0.25) is 9.59 Å². The molecule has 0 saturated heterocycles. The molecule has 0 unspecified atom stereocenters. The third kappa shape index (κ3) is 5.64. The van der Waals surface area contributed by atoms with E-state index in [-0.39, 0.29) is 17.6 Å². The number of aromatic nitrogens is 4. The summed E-state index contributed by atoms with van der Waals surface area (Å²) in [6.07, 6.45) is 0. The van der Waals surface area contributed by atoms with Crippen molar-refractivity contribution in [3.05, 3.63) is 53.5 Å². The van der Waals surface area contributed by atoms with Crippen LogP contribution in [0.4, 0.5) is 11.5 Å². The lowest BCUT2D eigenvalue weighted by atomic mass is 10.3. The predicted molar refractivity (Wildman–Crippen MR) is 113 cm³/mol. The monoisotopic (exact) mass is 410 g/mol. The lowest BCUT2D eigenvalue weighted by Crippen LogP contribution is -2.18. The van der Waals surface area contributed by atoms with Crippen molar-refractivity contribution < 1.29 is 9.59 Å². The summed E-state index contributed by atoms with van der Waals surface area (Å²) in [7, 11) is 0. The minimum atomic E-state index is -0.161. The molecule has 150 valence electrons. The summed E-state index contributed by atoms with van der Waals surface area (Å²) >= 11 is 1.40. The van der Waals surface area contributed by atoms with Crippen molar-refractivity contribution in [1.29, 1.82) is 0 Å². The molecule has 0 aliphatic rings. The van der Waals surface area contributed by atoms with Gasteiger partial charge in [0.15, 0.2) is 0 Å². The average molecular weight is 411 g/mol. The molecule has 2 N–H and O–H groups in total. The largest absolute Gasteiger partial charge is 0.326 e. The van der Waals surface area contributed by atoms with Crippen LogP contribution in [0.5, 0.6) is 0 Å². The fourth-order valence-electron chi connectivity index (χ4n) is 2.71. The van der Waals surface area contributed by atoms with Crippen LogP contribution in [-0.4, -0.2) is 37.3 Å². The Morgan fingerprint density at radius 1 is 0.966 bits per heavy atom. The van der Waals surface area contributed by atoms with Crippen molar-refractivity contribution >= 4 is 35.1 Å². The number of amides is 2. The van der Waals surface area contributed by atoms with E-state index in [0.717, 1.165) is 27.7 Å². The summed E-state index contributed by atoms with van der Waals surface area (Å²) in [4.78, 5) is 33.3. The van der Waals surface area contributed by atoms with Gasteiger partial charge in [-0.1, -0.05) is 0 Å². The zero-order valence-corrected chi connectivity index (χ0v) is 17.5. The average Bonchev–Trinajstić information content (AvgIpc) is 3.00. The third-order valence-corrected chi connectivity index (χ3v) is 4.82. The number of nitrogens with one attached hydrogen (secondary N) is 2. The molecule has 0 saturated carbocycles. The van der Waals surface area contributed by atoms with E-state index in [1.165, 1.54) is 18.7 Å². The van der Waals surface area contributed by atoms with E-state index >= 15 is 0 Å². The van der Waals surface area contributed by atoms with Crippen LogP contribution in [0, 0.1) is 20.8 Å². The van der Waals surface area contributed by atoms with E-state index in [0.29, 0.717) is 11.8 Å². The van der Waals surface area contributed by atoms with Gasteiger partial charge >= 0.3 is 0 Å². The van der Waals surface area contributed by atoms with Crippen LogP contribution in [0.3, 0.4) is 0 Å². The molecule has 29 heavy (non-hydrogen) atoms. The number of carbonyl (C=O) groups excluding carboxylic acids is 2. The second-order valence-electron chi connectivity index (χ2n) is 6.58. The fraction of sp³-hybridized carbons (Fsp3) is 0.250. The van der Waals surface area contributed by atoms with Crippen LogP contribution < -0.4 is 10.6 Å². The van der Waals surface area contributed by atoms with Crippen LogP contribution in [0.1, 0.15) is 24.0 Å². The Hall–Kier alpha value is -3.20. The molecule has 8 nitrogen and oxygen atoms in total. The number of benzene rings is 1. The third-order valence-electron chi connectivity index (χ3n) is 3.80. The molecule has 0 atom stereocenters. The summed E-state index contributed by atoms with van der Waals surface area (Å²) < 4.78 is 1.54. The van der Waals surface area contributed by atoms with E-state index < -0.39 is 0 Å². The predicted octanol–water partition coefficient (Wildman–Crippen LogP) is 3.28. The molecule has 0 radical (unpaired) electrons. The highest BCUT2D eigenvalue weighted by atomic mass is 32.2. The molecule has 9 heteroatoms. The molecule has 0 bridgehead atoms. The van der Waals surface area contributed by atoms with Crippen molar-refractivity contribution in [1.82, 2.24) is 19.7 Å². The Kier molecular flexibility index (Phi) is 6.28. The maximum atomic E-state index is 12.5. The fourth-order valence-corrected chi connectivity index (χ4v) is 3.41. The molecule has 0 aliphatic carbocycles. The molecular weight excluding hydrogens is 388 g/mol. The highest BCUT2D eigenvalue weighted by Gasteiger charge is 2.14. The number of thioether (sulfide) groups is 1. The van der Waals surface area contributed by atoms with Crippen LogP contribution in [0.15, 0.2) is 41.3 Å². The SMILES string of the molecule is CC(=O)Nc1ccc(SCC(=O)Nc2cc(C)nn2-c2nc(C)cc(C)n2)cc1. The number of carbonyl (C=O) groups is 2. The minimum Gasteiger partial charge on any atom is -0.326 e. The number of hydrogen-bond donors (Lipinski definition) is 2. The highest BCUT2D eigenvalue weighted by Crippen LogP contribution is 2.21. The molecule has 0 spiro atoms. The maximum absolute atomic E-state index is 12.5. The Balaban J connectivity index is 1.66. The zero-order chi connectivity index (χ0) is 21.0. The molecule has 3 rings (SSSR count). The summed E-state index contributed by atoms with van der Waals surface area (Å²) in [5.74, 6) is 0.902. The van der Waals surface area contributed by atoms with E-state index in [2.05, 4.69) is 25.7 Å². The van der Waals surface area contributed by atoms with Crippen molar-refractivity contribution in [2.24, 2.45) is 0 Å². The molecule has 0 aliphatic heterocycles. The molecule has 3 aromatic rings. The summed E-state index contributed by atoms with van der Waals surface area (Å²) in [6, 6.07) is 11.0. The topological polar surface area (TPSA) is 102 Å². The summed E-state index contributed by atoms with van der Waals surface area (Å²) in [6.45, 7) is 7.09. The van der Waals surface area contributed by atoms with E-state index in [9.17, 15) is 9.59 Å². The number of anilines is 2. The summed E-state index contributed by atoms with van der Waals surface area (Å²) in [5.41, 5.74) is 3.13. The van der Waals surface area contributed by atoms with E-state index in [1.807, 2.05) is 39.0 Å². The van der Waals surface area contributed by atoms with Crippen molar-refractivity contribution in [2.45, 2.75) is 32.6 Å². The van der Waals surface area contributed by atoms with Gasteiger partial charge < -0.3 is 10.6 Å². The highest BCUT2D eigenvalue weighted by molar-refractivity contribution is 8.00. The number of nitrogens with zero attached hydrogens (tertiary/aromatic N) is 4. The lowest BCUT2D eigenvalue weighted by molar-refractivity contribution is -0.114. The number of hydrogen-bond acceptors (Lipinski definition) is 6. The standard InChI is InChI=1S/C20H22N6O2S/c1-12-9-13(2)22-20(21-12)26-18(10-14(3)25-26)24-19(28)11-29-17-7-5-16(6-8-17)23-15(4)27/h5-10H,11H2,1-4H3,(H,23,27)(H,24,28). The molecule has 2 aromatic heterocycles. The Morgan fingerprint density at radius 2 is 1.62 bits per heavy atom. The maximum Gasteiger partial charge on any atom is 0.252 e. The quantitative estimate of drug-likeness (QED) is 0.605. The lowest BCUT2D eigenvalue weighted by Gasteiger charge is -2.09. The van der Waals surface area contributed by atoms with Gasteiger partial charge in [-0.15, -0.1) is 11.8 Å². The van der Waals surface area contributed by atoms with Gasteiger partial charge in [0.05, 0.1) is 11.4 Å². The van der Waals surface area contributed by atoms with Gasteiger partial charge in [-0.2, -0.15) is 9.78 Å². The summed E-state index contributed by atoms with van der Waals surface area (Å²) in [5, 5.41) is 10.00. The van der Waals surface area contributed by atoms with Crippen LogP contribution >= 0.6 is 11.8 Å². The van der Waals surface area contributed by atoms with Crippen LogP contribution in [0.25, 0.3) is 5.95 Å². The van der Waals surface area contributed by atoms with Gasteiger partial charge in [-0.05, 0) is 51.1 Å². The van der Waals surface area contributed by atoms with Gasteiger partial charge in [0.25, 0.3) is 5.95 Å². The normalized spacial score (nSPS) is 10.6. The minimum absolute atomic E-state index is 0.121. The molecule has 2 amide bonds. The Bertz CT molecular complexity index is 1030. The van der Waals surface area contributed by atoms with Crippen molar-refractivity contribution in [2.75, 3.05) is 16.4 Å². The number of aryl methyl sites for hydroxylation is 3. The Morgan fingerprint density at radius 3 is 2.24 bits per heavy atom. The van der Waals surface area contributed by atoms with Gasteiger partial charge in [-0.25, -0.2) is 9.97 Å². The molecule has 2 heterocycles. The van der Waals surface area contributed by atoms with E-state index in [1.54, 1.807) is 22.9 Å². The zero-order valence-electron chi connectivity index (χ0n) is 16.7. The first-order valence-corrected chi connectivity index (χ1v) is 9.98. The molecular formula is C20H22N6O2S. The van der Waals surface area contributed by atoms with Crippen molar-refractivity contribution in [3.8, 4) is 5.95 Å². The van der Waals surface area contributed by atoms with Gasteiger partial charge in [0.2, 0.25) is 11.8 Å². The first kappa shape index (κ1) is 20.5. The molecule has 1 aromatic carbocycles. The van der Waals surface area contributed by atoms with Gasteiger partial charge in [0, 0.05) is 35.0 Å². The Labute approximate surface area is 173 Å². The van der Waals surface area contributed by atoms with Gasteiger partial charge in [0.1, 0.15) is 5.82 Å². The van der Waals surface area contributed by atoms with Crippen LogP contribution in [0.2, 0.25) is 0 Å². The first-order chi connectivity index (χ1) is 13.8. The second-order valence-corrected chi connectivity index (χ2v) is 7.62. The molecule has 0 fully saturated rings. The number of rotatable bonds is 6.